The van der Waals surface area contributed by atoms with Gasteiger partial charge in [-0.05, 0) is 98.2 Å². The van der Waals surface area contributed by atoms with E-state index in [2.05, 4.69) is 31.0 Å². The number of Topliss-reactive ketones (excluding diaryl/α,β-unsaturated/α-hetero) is 1. The number of ketones is 1. The Balaban J connectivity index is 0.00000351. The van der Waals surface area contributed by atoms with Gasteiger partial charge in [0, 0.05) is 6.42 Å². The predicted octanol–water partition coefficient (Wildman–Crippen LogP) is -3.66. The molecule has 4 fully saturated rings. The molecule has 0 aromatic carbocycles. The first kappa shape index (κ1) is 46.3. The zero-order valence-electron chi connectivity index (χ0n) is 31.0. The van der Waals surface area contributed by atoms with Crippen molar-refractivity contribution in [3.05, 3.63) is 11.6 Å². The van der Waals surface area contributed by atoms with Gasteiger partial charge in [0.15, 0.2) is 12.1 Å². The Morgan fingerprint density at radius 1 is 0.980 bits per heavy atom. The van der Waals surface area contributed by atoms with E-state index in [-0.39, 0.29) is 112 Å². The molecule has 5 rings (SSSR count). The summed E-state index contributed by atoms with van der Waals surface area (Å²) in [4.78, 5) is 12.9. The third kappa shape index (κ3) is 9.74. The number of aliphatic hydroxyl groups excluding tert-OH is 3. The first-order chi connectivity index (χ1) is 22.6. The molecule has 4 aliphatic carbocycles. The molecule has 14 nitrogen and oxygen atoms in total. The molecule has 1 aliphatic heterocycles. The molecule has 15 atom stereocenters. The van der Waals surface area contributed by atoms with E-state index in [9.17, 15) is 46.1 Å². The van der Waals surface area contributed by atoms with Crippen LogP contribution in [0.1, 0.15) is 92.9 Å². The summed E-state index contributed by atoms with van der Waals surface area (Å²) in [5.74, 6) is -0.161. The van der Waals surface area contributed by atoms with Crippen LogP contribution in [0.25, 0.3) is 0 Å². The summed E-state index contributed by atoms with van der Waals surface area (Å²) in [5.41, 5.74) is 0.603. The predicted molar refractivity (Wildman–Crippen MR) is 171 cm³/mol. The quantitative estimate of drug-likeness (QED) is 0.0795. The first-order valence-electron chi connectivity index (χ1n) is 17.4. The standard InChI is InChI=1S/C33H54O14S2.2Na/c1-16(2)27(35)25(34)13-17(3)21-7-8-22-20-15-26(45-31-29(37)28(36)30(18(4)44-31)47-49(41,42)43)24-14-19(46-48(38,39)40)9-11-33(24,6)23(20)10-12-32(21,22)5;;/h10,16-22,24,26-31,35-37H,7-9,11-15H2,1-6H3,(H,38,39,40)(H,41,42,43);;/q;2*+1/p-2/t17-,18+,19+,20+,21-,22+,24-,26+,27+,28+,29+,30+,31-,32-,33-;;/m1../s1. The van der Waals surface area contributed by atoms with E-state index in [1.165, 1.54) is 12.5 Å². The molecule has 0 unspecified atom stereocenters. The largest absolute Gasteiger partial charge is 1.00 e. The van der Waals surface area contributed by atoms with Gasteiger partial charge in [0.05, 0.1) is 18.3 Å². The third-order valence-electron chi connectivity index (χ3n) is 12.8. The Morgan fingerprint density at radius 3 is 2.20 bits per heavy atom. The molecule has 0 aromatic rings. The van der Waals surface area contributed by atoms with Gasteiger partial charge in [-0.3, -0.25) is 13.2 Å². The molecule has 0 bridgehead atoms. The van der Waals surface area contributed by atoms with Crippen molar-refractivity contribution in [3.8, 4) is 0 Å². The zero-order valence-corrected chi connectivity index (χ0v) is 36.6. The molecule has 0 aromatic heterocycles. The van der Waals surface area contributed by atoms with Crippen LogP contribution in [-0.4, -0.2) is 96.1 Å². The van der Waals surface area contributed by atoms with Gasteiger partial charge in [-0.15, -0.1) is 0 Å². The topological polar surface area (TPSA) is 229 Å². The number of ether oxygens (including phenoxy) is 2. The fraction of sp³-hybridized carbons (Fsp3) is 0.909. The second-order valence-corrected chi connectivity index (χ2v) is 18.1. The van der Waals surface area contributed by atoms with E-state index < -0.39 is 75.2 Å². The summed E-state index contributed by atoms with van der Waals surface area (Å²) in [6.07, 6.45) is -3.74. The fourth-order valence-corrected chi connectivity index (χ4v) is 11.4. The number of hydrogen-bond acceptors (Lipinski definition) is 14. The van der Waals surface area contributed by atoms with E-state index in [1.54, 1.807) is 0 Å². The molecule has 3 N–H and O–H groups in total. The molecule has 51 heavy (non-hydrogen) atoms. The maximum Gasteiger partial charge on any atom is 1.00 e. The van der Waals surface area contributed by atoms with Crippen molar-refractivity contribution in [2.45, 2.75) is 142 Å². The van der Waals surface area contributed by atoms with Crippen molar-refractivity contribution in [2.24, 2.45) is 46.3 Å². The third-order valence-corrected chi connectivity index (χ3v) is 13.8. The number of aliphatic hydroxyl groups is 3. The minimum absolute atomic E-state index is 0. The minimum Gasteiger partial charge on any atom is -0.726 e. The summed E-state index contributed by atoms with van der Waals surface area (Å²) in [6.45, 7) is 11.5. The van der Waals surface area contributed by atoms with Crippen molar-refractivity contribution >= 4 is 26.6 Å². The Hall–Kier alpha value is 0.950. The van der Waals surface area contributed by atoms with E-state index >= 15 is 0 Å². The van der Waals surface area contributed by atoms with Crippen molar-refractivity contribution in [2.75, 3.05) is 0 Å². The van der Waals surface area contributed by atoms with Crippen molar-refractivity contribution in [1.29, 1.82) is 0 Å². The second-order valence-electron chi connectivity index (χ2n) is 16.1. The van der Waals surface area contributed by atoms with Crippen LogP contribution in [0.2, 0.25) is 0 Å². The molecule has 282 valence electrons. The maximum absolute atomic E-state index is 12.9. The van der Waals surface area contributed by atoms with Gasteiger partial charge in [0.2, 0.25) is 20.8 Å². The fourth-order valence-electron chi connectivity index (χ4n) is 10.4. The Morgan fingerprint density at radius 2 is 1.61 bits per heavy atom. The SMILES string of the molecule is CC(C)[C@H](O)C(=O)C[C@@H](C)[C@H]1CC[C@H]2[C@@H]3C[C@H](O[C@H]4O[C@@H](C)[C@H](OS(=O)(=O)[O-])[C@@H](O)[C@@H]4O)[C@H]4C[C@@H](OS(=O)(=O)[O-])CC[C@]4(C)C3=CC[C@]12C.[Na+].[Na+]. The van der Waals surface area contributed by atoms with Gasteiger partial charge in [0.1, 0.15) is 24.4 Å². The summed E-state index contributed by atoms with van der Waals surface area (Å²) >= 11 is 0. The van der Waals surface area contributed by atoms with E-state index in [4.69, 9.17) is 13.7 Å². The van der Waals surface area contributed by atoms with Crippen LogP contribution in [0.5, 0.6) is 0 Å². The maximum atomic E-state index is 12.9. The van der Waals surface area contributed by atoms with Gasteiger partial charge in [0.25, 0.3) is 0 Å². The average Bonchev–Trinajstić information content (AvgIpc) is 3.34. The smallest absolute Gasteiger partial charge is 0.726 e. The van der Waals surface area contributed by atoms with Gasteiger partial charge >= 0.3 is 59.1 Å². The van der Waals surface area contributed by atoms with Crippen LogP contribution in [0.4, 0.5) is 0 Å². The Labute approximate surface area is 346 Å². The van der Waals surface area contributed by atoms with Crippen LogP contribution < -0.4 is 59.1 Å². The van der Waals surface area contributed by atoms with E-state index in [1.807, 2.05) is 13.8 Å². The molecule has 3 saturated carbocycles. The van der Waals surface area contributed by atoms with Gasteiger partial charge in [-0.2, -0.15) is 0 Å². The van der Waals surface area contributed by atoms with Crippen LogP contribution in [0.15, 0.2) is 11.6 Å². The minimum atomic E-state index is -5.22. The molecular formula is C33H52Na2O14S2. The first-order valence-corrected chi connectivity index (χ1v) is 20.1. The van der Waals surface area contributed by atoms with Crippen LogP contribution in [0.3, 0.4) is 0 Å². The molecule has 5 aliphatic rings. The molecule has 0 spiro atoms. The molecular weight excluding hydrogens is 730 g/mol. The Bertz CT molecular complexity index is 1490. The summed E-state index contributed by atoms with van der Waals surface area (Å²) in [5, 5.41) is 32.2. The molecule has 0 amide bonds. The monoisotopic (exact) mass is 782 g/mol. The van der Waals surface area contributed by atoms with Gasteiger partial charge < -0.3 is 33.9 Å². The number of carbonyl (C=O) groups is 1. The molecule has 1 saturated heterocycles. The zero-order chi connectivity index (χ0) is 36.4. The molecule has 18 heteroatoms. The van der Waals surface area contributed by atoms with E-state index in [0.717, 1.165) is 19.3 Å². The van der Waals surface area contributed by atoms with Crippen molar-refractivity contribution in [1.82, 2.24) is 0 Å². The van der Waals surface area contributed by atoms with Crippen LogP contribution >= 0.6 is 0 Å². The average molecular weight is 783 g/mol. The number of carbonyl (C=O) groups excluding carboxylic acids is 1. The van der Waals surface area contributed by atoms with Gasteiger partial charge in [-0.1, -0.05) is 46.3 Å². The number of rotatable bonds is 11. The van der Waals surface area contributed by atoms with Gasteiger partial charge in [-0.25, -0.2) is 16.8 Å². The van der Waals surface area contributed by atoms with Crippen LogP contribution in [-0.2, 0) is 43.4 Å². The molecule has 0 radical (unpaired) electrons. The number of hydrogen-bond donors (Lipinski definition) is 3. The van der Waals surface area contributed by atoms with Crippen molar-refractivity contribution < 1.29 is 123 Å². The second kappa shape index (κ2) is 17.2. The summed E-state index contributed by atoms with van der Waals surface area (Å²) in [6, 6.07) is 0. The van der Waals surface area contributed by atoms with Crippen LogP contribution in [0, 0.1) is 46.3 Å². The number of fused-ring (bicyclic) bond motifs is 5. The molecule has 1 heterocycles. The van der Waals surface area contributed by atoms with Crippen molar-refractivity contribution in [3.63, 3.8) is 0 Å². The van der Waals surface area contributed by atoms with E-state index in [0.29, 0.717) is 25.7 Å². The Kier molecular flexibility index (Phi) is 15.6. The number of allylic oxidation sites excluding steroid dienone is 2. The normalized spacial score (nSPS) is 42.3. The summed E-state index contributed by atoms with van der Waals surface area (Å²) in [7, 11) is -10.2. The summed E-state index contributed by atoms with van der Waals surface area (Å²) < 4.78 is 90.3.